The molecule has 21 heavy (non-hydrogen) atoms. The Morgan fingerprint density at radius 2 is 1.71 bits per heavy atom. The van der Waals surface area contributed by atoms with Gasteiger partial charge in [-0.15, -0.1) is 0 Å². The van der Waals surface area contributed by atoms with Crippen LogP contribution in [0.15, 0.2) is 24.3 Å². The van der Waals surface area contributed by atoms with Crippen LogP contribution < -0.4 is 10.6 Å². The van der Waals surface area contributed by atoms with E-state index in [4.69, 9.17) is 10.7 Å². The third-order valence-corrected chi connectivity index (χ3v) is 4.07. The Kier molecular flexibility index (Phi) is 4.31. The predicted molar refractivity (Wildman–Crippen MR) is 86.6 cm³/mol. The summed E-state index contributed by atoms with van der Waals surface area (Å²) in [5, 5.41) is 0. The summed E-state index contributed by atoms with van der Waals surface area (Å²) in [4.78, 5) is 14.3. The monoisotopic (exact) mass is 285 g/mol. The Balaban J connectivity index is 1.74. The number of aromatic nitrogens is 2. The van der Waals surface area contributed by atoms with Crippen LogP contribution in [-0.2, 0) is 0 Å². The zero-order valence-electron chi connectivity index (χ0n) is 12.6. The first-order chi connectivity index (χ1) is 10.3. The number of hydrogen-bond donors (Lipinski definition) is 1. The van der Waals surface area contributed by atoms with E-state index in [9.17, 15) is 0 Å². The van der Waals surface area contributed by atoms with Crippen molar-refractivity contribution in [1.82, 2.24) is 14.9 Å². The van der Waals surface area contributed by atoms with E-state index >= 15 is 0 Å². The summed E-state index contributed by atoms with van der Waals surface area (Å²) in [6.45, 7) is 8.11. The van der Waals surface area contributed by atoms with Crippen LogP contribution in [-0.4, -0.2) is 54.1 Å². The van der Waals surface area contributed by atoms with E-state index in [-0.39, 0.29) is 0 Å². The third-order valence-electron chi connectivity index (χ3n) is 4.07. The number of fused-ring (bicyclic) bond motifs is 1. The number of benzene rings is 1. The molecule has 0 radical (unpaired) electrons. The molecule has 0 atom stereocenters. The number of anilines is 1. The number of para-hydroxylation sites is 2. The van der Waals surface area contributed by atoms with Crippen molar-refractivity contribution >= 4 is 16.9 Å². The lowest BCUT2D eigenvalue weighted by Crippen LogP contribution is -2.47. The fourth-order valence-corrected chi connectivity index (χ4v) is 2.88. The highest BCUT2D eigenvalue weighted by Gasteiger charge is 2.19. The highest BCUT2D eigenvalue weighted by Crippen LogP contribution is 2.21. The number of aryl methyl sites for hydroxylation is 1. The van der Waals surface area contributed by atoms with Gasteiger partial charge in [-0.3, -0.25) is 4.90 Å². The summed E-state index contributed by atoms with van der Waals surface area (Å²) < 4.78 is 0. The summed E-state index contributed by atoms with van der Waals surface area (Å²) in [6.07, 6.45) is 1.08. The maximum atomic E-state index is 5.58. The molecular formula is C16H23N5. The van der Waals surface area contributed by atoms with E-state index in [1.165, 1.54) is 0 Å². The van der Waals surface area contributed by atoms with Gasteiger partial charge in [0, 0.05) is 26.2 Å². The standard InChI is InChI=1S/C16H23N5/c1-13-16(19-15-6-3-2-5-14(15)18-13)21-11-9-20(10-12-21)8-4-7-17/h2-3,5-6H,4,7-12,17H2,1H3. The molecule has 0 bridgehead atoms. The maximum absolute atomic E-state index is 5.58. The average molecular weight is 285 g/mol. The Hall–Kier alpha value is -1.72. The van der Waals surface area contributed by atoms with E-state index in [0.717, 1.165) is 68.2 Å². The van der Waals surface area contributed by atoms with Gasteiger partial charge >= 0.3 is 0 Å². The molecule has 1 aliphatic rings. The molecule has 0 unspecified atom stereocenters. The van der Waals surface area contributed by atoms with Crippen molar-refractivity contribution in [2.45, 2.75) is 13.3 Å². The quantitative estimate of drug-likeness (QED) is 0.920. The maximum Gasteiger partial charge on any atom is 0.150 e. The van der Waals surface area contributed by atoms with Gasteiger partial charge in [0.2, 0.25) is 0 Å². The van der Waals surface area contributed by atoms with Crippen LogP contribution in [0.3, 0.4) is 0 Å². The van der Waals surface area contributed by atoms with Gasteiger partial charge < -0.3 is 10.6 Å². The molecule has 2 N–H and O–H groups in total. The Labute approximate surface area is 125 Å². The Morgan fingerprint density at radius 1 is 1.05 bits per heavy atom. The number of nitrogens with two attached hydrogens (primary N) is 1. The molecule has 1 aliphatic heterocycles. The fraction of sp³-hybridized carbons (Fsp3) is 0.500. The topological polar surface area (TPSA) is 58.3 Å². The number of piperazine rings is 1. The molecule has 5 nitrogen and oxygen atoms in total. The van der Waals surface area contributed by atoms with Crippen molar-refractivity contribution in [2.75, 3.05) is 44.2 Å². The van der Waals surface area contributed by atoms with Crippen molar-refractivity contribution in [3.05, 3.63) is 30.0 Å². The summed E-state index contributed by atoms with van der Waals surface area (Å²) in [7, 11) is 0. The van der Waals surface area contributed by atoms with Gasteiger partial charge in [0.15, 0.2) is 5.82 Å². The minimum Gasteiger partial charge on any atom is -0.353 e. The zero-order chi connectivity index (χ0) is 14.7. The molecule has 1 aromatic heterocycles. The Bertz CT molecular complexity index is 605. The summed E-state index contributed by atoms with van der Waals surface area (Å²) in [5.41, 5.74) is 8.55. The van der Waals surface area contributed by atoms with Crippen molar-refractivity contribution in [1.29, 1.82) is 0 Å². The molecule has 2 heterocycles. The Morgan fingerprint density at radius 3 is 2.38 bits per heavy atom. The van der Waals surface area contributed by atoms with E-state index in [1.54, 1.807) is 0 Å². The SMILES string of the molecule is Cc1nc2ccccc2nc1N1CCN(CCCN)CC1. The smallest absolute Gasteiger partial charge is 0.150 e. The molecule has 0 saturated carbocycles. The van der Waals surface area contributed by atoms with Gasteiger partial charge in [-0.1, -0.05) is 12.1 Å². The molecule has 1 fully saturated rings. The zero-order valence-corrected chi connectivity index (χ0v) is 12.6. The predicted octanol–water partition coefficient (Wildman–Crippen LogP) is 1.41. The van der Waals surface area contributed by atoms with Gasteiger partial charge in [0.05, 0.1) is 16.7 Å². The van der Waals surface area contributed by atoms with Gasteiger partial charge in [-0.25, -0.2) is 9.97 Å². The second-order valence-corrected chi connectivity index (χ2v) is 5.59. The molecule has 1 saturated heterocycles. The summed E-state index contributed by atoms with van der Waals surface area (Å²) >= 11 is 0. The molecule has 0 aliphatic carbocycles. The number of rotatable bonds is 4. The second kappa shape index (κ2) is 6.37. The molecule has 112 valence electrons. The largest absolute Gasteiger partial charge is 0.353 e. The van der Waals surface area contributed by atoms with Gasteiger partial charge in [-0.2, -0.15) is 0 Å². The normalized spacial score (nSPS) is 16.6. The van der Waals surface area contributed by atoms with Crippen LogP contribution in [0.25, 0.3) is 11.0 Å². The van der Waals surface area contributed by atoms with Crippen LogP contribution in [0.4, 0.5) is 5.82 Å². The number of nitrogens with zero attached hydrogens (tertiary/aromatic N) is 4. The molecule has 2 aromatic rings. The van der Waals surface area contributed by atoms with E-state index in [2.05, 4.69) is 21.7 Å². The second-order valence-electron chi connectivity index (χ2n) is 5.59. The van der Waals surface area contributed by atoms with Crippen LogP contribution in [0, 0.1) is 6.92 Å². The lowest BCUT2D eigenvalue weighted by atomic mass is 10.2. The first-order valence-corrected chi connectivity index (χ1v) is 7.68. The summed E-state index contributed by atoms with van der Waals surface area (Å²) in [5.74, 6) is 1.03. The molecule has 0 spiro atoms. The molecule has 3 rings (SSSR count). The van der Waals surface area contributed by atoms with Crippen LogP contribution in [0.5, 0.6) is 0 Å². The minimum absolute atomic E-state index is 0.773. The van der Waals surface area contributed by atoms with E-state index < -0.39 is 0 Å². The summed E-state index contributed by atoms with van der Waals surface area (Å²) in [6, 6.07) is 8.07. The molecule has 5 heteroatoms. The lowest BCUT2D eigenvalue weighted by Gasteiger charge is -2.35. The van der Waals surface area contributed by atoms with Crippen molar-refractivity contribution < 1.29 is 0 Å². The minimum atomic E-state index is 0.773. The molecule has 0 amide bonds. The highest BCUT2D eigenvalue weighted by molar-refractivity contribution is 5.76. The van der Waals surface area contributed by atoms with Crippen LogP contribution >= 0.6 is 0 Å². The third kappa shape index (κ3) is 3.14. The first-order valence-electron chi connectivity index (χ1n) is 7.68. The number of hydrogen-bond acceptors (Lipinski definition) is 5. The fourth-order valence-electron chi connectivity index (χ4n) is 2.88. The molecule has 1 aromatic carbocycles. The van der Waals surface area contributed by atoms with Crippen LogP contribution in [0.1, 0.15) is 12.1 Å². The molecular weight excluding hydrogens is 262 g/mol. The van der Waals surface area contributed by atoms with Crippen molar-refractivity contribution in [3.8, 4) is 0 Å². The highest BCUT2D eigenvalue weighted by atomic mass is 15.3. The van der Waals surface area contributed by atoms with Gasteiger partial charge in [-0.05, 0) is 38.6 Å². The van der Waals surface area contributed by atoms with E-state index in [0.29, 0.717) is 0 Å². The lowest BCUT2D eigenvalue weighted by molar-refractivity contribution is 0.256. The van der Waals surface area contributed by atoms with E-state index in [1.807, 2.05) is 24.3 Å². The van der Waals surface area contributed by atoms with Gasteiger partial charge in [0.25, 0.3) is 0 Å². The van der Waals surface area contributed by atoms with Crippen molar-refractivity contribution in [2.24, 2.45) is 5.73 Å². The van der Waals surface area contributed by atoms with Gasteiger partial charge in [0.1, 0.15) is 0 Å². The first kappa shape index (κ1) is 14.2. The average Bonchev–Trinajstić information content (AvgIpc) is 2.53. The van der Waals surface area contributed by atoms with Crippen LogP contribution in [0.2, 0.25) is 0 Å². The van der Waals surface area contributed by atoms with Crippen molar-refractivity contribution in [3.63, 3.8) is 0 Å².